The maximum Gasteiger partial charge on any atom is 0.257 e. The molecular formula is C12H17N3O2. The average Bonchev–Trinajstić information content (AvgIpc) is 2.76. The van der Waals surface area contributed by atoms with Gasteiger partial charge in [-0.3, -0.25) is 9.78 Å². The first-order valence-corrected chi connectivity index (χ1v) is 5.74. The highest BCUT2D eigenvalue weighted by atomic mass is 16.3. The lowest BCUT2D eigenvalue weighted by Crippen LogP contribution is -2.30. The second-order valence-electron chi connectivity index (χ2n) is 4.50. The van der Waals surface area contributed by atoms with Gasteiger partial charge in [-0.05, 0) is 19.4 Å². The van der Waals surface area contributed by atoms with Crippen molar-refractivity contribution in [3.8, 4) is 0 Å². The van der Waals surface area contributed by atoms with Crippen molar-refractivity contribution in [2.24, 2.45) is 5.92 Å². The number of amides is 1. The van der Waals surface area contributed by atoms with Gasteiger partial charge >= 0.3 is 0 Å². The second-order valence-corrected chi connectivity index (χ2v) is 4.50. The van der Waals surface area contributed by atoms with Crippen LogP contribution in [0.25, 0.3) is 0 Å². The van der Waals surface area contributed by atoms with Crippen LogP contribution in [0, 0.1) is 12.8 Å². The molecule has 1 aliphatic heterocycles. The molecule has 0 radical (unpaired) electrons. The molecule has 1 fully saturated rings. The van der Waals surface area contributed by atoms with E-state index in [0.29, 0.717) is 24.3 Å². The Morgan fingerprint density at radius 3 is 3.06 bits per heavy atom. The van der Waals surface area contributed by atoms with Crippen LogP contribution in [0.3, 0.4) is 0 Å². The van der Waals surface area contributed by atoms with Gasteiger partial charge in [0.1, 0.15) is 0 Å². The maximum atomic E-state index is 12.2. The van der Waals surface area contributed by atoms with E-state index in [9.17, 15) is 4.79 Å². The van der Waals surface area contributed by atoms with Gasteiger partial charge in [0.2, 0.25) is 0 Å². The van der Waals surface area contributed by atoms with Crippen LogP contribution >= 0.6 is 0 Å². The van der Waals surface area contributed by atoms with Crippen molar-refractivity contribution in [2.45, 2.75) is 13.3 Å². The smallest absolute Gasteiger partial charge is 0.257 e. The van der Waals surface area contributed by atoms with Crippen molar-refractivity contribution in [3.63, 3.8) is 0 Å². The summed E-state index contributed by atoms with van der Waals surface area (Å²) in [5.74, 6) is 0.101. The van der Waals surface area contributed by atoms with Crippen LogP contribution in [0.5, 0.6) is 0 Å². The highest BCUT2D eigenvalue weighted by Gasteiger charge is 2.27. The van der Waals surface area contributed by atoms with Crippen molar-refractivity contribution < 1.29 is 9.90 Å². The Kier molecular flexibility index (Phi) is 3.28. The molecule has 2 heterocycles. The number of aliphatic hydroxyl groups excluding tert-OH is 1. The van der Waals surface area contributed by atoms with E-state index in [1.807, 2.05) is 6.92 Å². The molecule has 0 bridgehead atoms. The van der Waals surface area contributed by atoms with Crippen LogP contribution in [0.2, 0.25) is 0 Å². The SMILES string of the molecule is Cc1cc(N)c(C(=O)N2CCC(CO)C2)cn1. The van der Waals surface area contributed by atoms with Gasteiger partial charge in [-0.25, -0.2) is 0 Å². The molecule has 0 aliphatic carbocycles. The Bertz CT molecular complexity index is 434. The summed E-state index contributed by atoms with van der Waals surface area (Å²) in [5.41, 5.74) is 7.54. The third-order valence-corrected chi connectivity index (χ3v) is 3.13. The van der Waals surface area contributed by atoms with Gasteiger partial charge in [-0.15, -0.1) is 0 Å². The molecule has 1 aliphatic rings. The molecule has 1 aromatic rings. The number of nitrogens with zero attached hydrogens (tertiary/aromatic N) is 2. The van der Waals surface area contributed by atoms with E-state index in [2.05, 4.69) is 4.98 Å². The number of aryl methyl sites for hydroxylation is 1. The average molecular weight is 235 g/mol. The summed E-state index contributed by atoms with van der Waals surface area (Å²) in [6.45, 7) is 3.24. The van der Waals surface area contributed by atoms with E-state index < -0.39 is 0 Å². The number of hydrogen-bond acceptors (Lipinski definition) is 4. The monoisotopic (exact) mass is 235 g/mol. The molecule has 1 amide bonds. The number of aromatic nitrogens is 1. The zero-order valence-electron chi connectivity index (χ0n) is 9.89. The van der Waals surface area contributed by atoms with Gasteiger partial charge in [0.05, 0.1) is 5.56 Å². The van der Waals surface area contributed by atoms with Gasteiger partial charge in [-0.1, -0.05) is 0 Å². The lowest BCUT2D eigenvalue weighted by atomic mass is 10.1. The second kappa shape index (κ2) is 4.71. The Morgan fingerprint density at radius 2 is 2.47 bits per heavy atom. The molecule has 3 N–H and O–H groups in total. The number of carbonyl (C=O) groups excluding carboxylic acids is 1. The summed E-state index contributed by atoms with van der Waals surface area (Å²) >= 11 is 0. The summed E-state index contributed by atoms with van der Waals surface area (Å²) in [6, 6.07) is 1.70. The number of nitrogen functional groups attached to an aromatic ring is 1. The van der Waals surface area contributed by atoms with Crippen LogP contribution < -0.4 is 5.73 Å². The van der Waals surface area contributed by atoms with Crippen LogP contribution in [-0.4, -0.2) is 40.6 Å². The lowest BCUT2D eigenvalue weighted by molar-refractivity contribution is 0.0782. The topological polar surface area (TPSA) is 79.5 Å². The van der Waals surface area contributed by atoms with Gasteiger partial charge in [0.25, 0.3) is 5.91 Å². The maximum absolute atomic E-state index is 12.2. The normalized spacial score (nSPS) is 19.6. The third-order valence-electron chi connectivity index (χ3n) is 3.13. The fourth-order valence-electron chi connectivity index (χ4n) is 2.10. The number of pyridine rings is 1. The van der Waals surface area contributed by atoms with Gasteiger partial charge in [0, 0.05) is 43.2 Å². The fraction of sp³-hybridized carbons (Fsp3) is 0.500. The number of hydrogen-bond donors (Lipinski definition) is 2. The highest BCUT2D eigenvalue weighted by Crippen LogP contribution is 2.20. The molecule has 17 heavy (non-hydrogen) atoms. The summed E-state index contributed by atoms with van der Waals surface area (Å²) < 4.78 is 0. The Morgan fingerprint density at radius 1 is 1.71 bits per heavy atom. The molecule has 1 atom stereocenters. The molecule has 0 saturated carbocycles. The molecular weight excluding hydrogens is 218 g/mol. The molecule has 0 spiro atoms. The zero-order valence-corrected chi connectivity index (χ0v) is 9.89. The molecule has 1 unspecified atom stereocenters. The predicted molar refractivity (Wildman–Crippen MR) is 64.5 cm³/mol. The number of anilines is 1. The van der Waals surface area contributed by atoms with E-state index in [-0.39, 0.29) is 18.4 Å². The minimum atomic E-state index is -0.0917. The van der Waals surface area contributed by atoms with E-state index in [1.165, 1.54) is 6.20 Å². The summed E-state index contributed by atoms with van der Waals surface area (Å²) in [4.78, 5) is 18.0. The fourth-order valence-corrected chi connectivity index (χ4v) is 2.10. The van der Waals surface area contributed by atoms with E-state index >= 15 is 0 Å². The Labute approximate surface area is 100 Å². The predicted octanol–water partition coefficient (Wildman–Crippen LogP) is 0.427. The quantitative estimate of drug-likeness (QED) is 0.779. The van der Waals surface area contributed by atoms with Gasteiger partial charge in [-0.2, -0.15) is 0 Å². The minimum Gasteiger partial charge on any atom is -0.398 e. The zero-order chi connectivity index (χ0) is 12.4. The van der Waals surface area contributed by atoms with Crippen molar-refractivity contribution in [1.82, 2.24) is 9.88 Å². The molecule has 5 nitrogen and oxygen atoms in total. The third kappa shape index (κ3) is 2.39. The first kappa shape index (κ1) is 11.9. The molecule has 92 valence electrons. The van der Waals surface area contributed by atoms with E-state index in [0.717, 1.165) is 12.1 Å². The summed E-state index contributed by atoms with van der Waals surface area (Å²) in [6.07, 6.45) is 2.38. The molecule has 2 rings (SSSR count). The van der Waals surface area contributed by atoms with Crippen LogP contribution in [-0.2, 0) is 0 Å². The van der Waals surface area contributed by atoms with Gasteiger partial charge in [0.15, 0.2) is 0 Å². The number of rotatable bonds is 2. The first-order valence-electron chi connectivity index (χ1n) is 5.74. The van der Waals surface area contributed by atoms with Crippen LogP contribution in [0.4, 0.5) is 5.69 Å². The van der Waals surface area contributed by atoms with Crippen molar-refractivity contribution in [1.29, 1.82) is 0 Å². The minimum absolute atomic E-state index is 0.0917. The van der Waals surface area contributed by atoms with Crippen molar-refractivity contribution >= 4 is 11.6 Å². The number of aliphatic hydroxyl groups is 1. The largest absolute Gasteiger partial charge is 0.398 e. The Balaban J connectivity index is 2.15. The number of carbonyl (C=O) groups is 1. The number of nitrogens with two attached hydrogens (primary N) is 1. The lowest BCUT2D eigenvalue weighted by Gasteiger charge is -2.17. The standard InChI is InChI=1S/C12H17N3O2/c1-8-4-11(13)10(5-14-8)12(17)15-3-2-9(6-15)7-16/h4-5,9,16H,2-3,6-7H2,1H3,(H2,13,14). The Hall–Kier alpha value is -1.62. The van der Waals surface area contributed by atoms with E-state index in [4.69, 9.17) is 10.8 Å². The van der Waals surface area contributed by atoms with E-state index in [1.54, 1.807) is 11.0 Å². The highest BCUT2D eigenvalue weighted by molar-refractivity contribution is 5.99. The van der Waals surface area contributed by atoms with Crippen LogP contribution in [0.15, 0.2) is 12.3 Å². The molecule has 1 saturated heterocycles. The summed E-state index contributed by atoms with van der Waals surface area (Å²) in [5, 5.41) is 9.05. The first-order chi connectivity index (χ1) is 8.11. The van der Waals surface area contributed by atoms with Crippen LogP contribution in [0.1, 0.15) is 22.5 Å². The molecule has 1 aromatic heterocycles. The van der Waals surface area contributed by atoms with Gasteiger partial charge < -0.3 is 15.7 Å². The van der Waals surface area contributed by atoms with Crippen molar-refractivity contribution in [3.05, 3.63) is 23.5 Å². The molecule has 0 aromatic carbocycles. The van der Waals surface area contributed by atoms with Crippen molar-refractivity contribution in [2.75, 3.05) is 25.4 Å². The summed E-state index contributed by atoms with van der Waals surface area (Å²) in [7, 11) is 0. The number of likely N-dealkylation sites (tertiary alicyclic amines) is 1. The molecule has 5 heteroatoms.